The van der Waals surface area contributed by atoms with E-state index in [0.717, 1.165) is 12.8 Å². The highest BCUT2D eigenvalue weighted by molar-refractivity contribution is 5.89. The van der Waals surface area contributed by atoms with Crippen molar-refractivity contribution in [3.8, 4) is 0 Å². The Morgan fingerprint density at radius 2 is 2.04 bits per heavy atom. The van der Waals surface area contributed by atoms with E-state index in [1.54, 1.807) is 6.08 Å². The van der Waals surface area contributed by atoms with Gasteiger partial charge in [-0.15, -0.1) is 0 Å². The molecule has 0 aliphatic heterocycles. The number of carbonyl (C=O) groups excluding carboxylic acids is 2. The van der Waals surface area contributed by atoms with Gasteiger partial charge >= 0.3 is 5.97 Å². The average Bonchev–Trinajstić information content (AvgIpc) is 2.60. The molecular formula is C16H27FN4O4. The summed E-state index contributed by atoms with van der Waals surface area (Å²) in [5, 5.41) is 12.7. The number of nitrogens with one attached hydrogen (secondary N) is 3. The van der Waals surface area contributed by atoms with E-state index in [0.29, 0.717) is 5.57 Å². The molecule has 1 aliphatic rings. The molecule has 25 heavy (non-hydrogen) atoms. The number of esters is 1. The van der Waals surface area contributed by atoms with E-state index in [4.69, 9.17) is 20.6 Å². The molecule has 0 radical (unpaired) electrons. The minimum absolute atomic E-state index is 0.0963. The molecule has 8 nitrogen and oxygen atoms in total. The molecule has 0 saturated heterocycles. The lowest BCUT2D eigenvalue weighted by molar-refractivity contribution is -0.136. The number of hydrogen-bond acceptors (Lipinski definition) is 5. The molecule has 0 aromatic carbocycles. The van der Waals surface area contributed by atoms with Crippen LogP contribution in [0.15, 0.2) is 11.6 Å². The van der Waals surface area contributed by atoms with Crippen molar-refractivity contribution in [2.45, 2.75) is 57.4 Å². The third-order valence-corrected chi connectivity index (χ3v) is 4.09. The van der Waals surface area contributed by atoms with Gasteiger partial charge in [-0.3, -0.25) is 10.2 Å². The molecule has 1 rings (SSSR count). The zero-order chi connectivity index (χ0) is 19.0. The number of amides is 1. The van der Waals surface area contributed by atoms with Gasteiger partial charge in [0.1, 0.15) is 0 Å². The van der Waals surface area contributed by atoms with Gasteiger partial charge in [0.2, 0.25) is 0 Å². The second-order valence-corrected chi connectivity index (χ2v) is 5.82. The zero-order valence-electron chi connectivity index (χ0n) is 14.8. The summed E-state index contributed by atoms with van der Waals surface area (Å²) >= 11 is 0. The van der Waals surface area contributed by atoms with Crippen LogP contribution in [-0.4, -0.2) is 55.9 Å². The predicted molar refractivity (Wildman–Crippen MR) is 90.7 cm³/mol. The van der Waals surface area contributed by atoms with E-state index in [9.17, 15) is 14.0 Å². The number of rotatable bonds is 8. The molecule has 0 aromatic rings. The third kappa shape index (κ3) is 6.00. The van der Waals surface area contributed by atoms with Gasteiger partial charge in [0.15, 0.2) is 12.6 Å². The number of hydrogen-bond donors (Lipinski definition) is 4. The molecule has 1 amide bonds. The van der Waals surface area contributed by atoms with Gasteiger partial charge in [0.05, 0.1) is 31.4 Å². The van der Waals surface area contributed by atoms with Crippen molar-refractivity contribution in [1.29, 1.82) is 5.41 Å². The fourth-order valence-electron chi connectivity index (χ4n) is 2.82. The molecule has 0 fully saturated rings. The highest BCUT2D eigenvalue weighted by atomic mass is 19.1. The van der Waals surface area contributed by atoms with Crippen molar-refractivity contribution in [1.82, 2.24) is 10.6 Å². The molecule has 0 saturated carbocycles. The number of halogens is 1. The number of nitrogens with two attached hydrogens (primary N) is 1. The second kappa shape index (κ2) is 9.97. The molecule has 3 atom stereocenters. The van der Waals surface area contributed by atoms with E-state index in [1.807, 2.05) is 13.8 Å². The van der Waals surface area contributed by atoms with Crippen LogP contribution >= 0.6 is 0 Å². The molecule has 142 valence electrons. The Labute approximate surface area is 146 Å². The highest BCUT2D eigenvalue weighted by Gasteiger charge is 2.38. The molecule has 9 heteroatoms. The van der Waals surface area contributed by atoms with Crippen LogP contribution in [-0.2, 0) is 19.1 Å². The van der Waals surface area contributed by atoms with Crippen molar-refractivity contribution < 1.29 is 23.5 Å². The number of carbonyl (C=O) groups is 2. The van der Waals surface area contributed by atoms with E-state index >= 15 is 0 Å². The van der Waals surface area contributed by atoms with Crippen LogP contribution in [0, 0.1) is 5.41 Å². The number of methoxy groups -OCH3 is 1. The Hall–Kier alpha value is -2.16. The van der Waals surface area contributed by atoms with Crippen LogP contribution in [0.3, 0.4) is 0 Å². The van der Waals surface area contributed by atoms with Gasteiger partial charge in [0.25, 0.3) is 5.91 Å². The first kappa shape index (κ1) is 20.9. The fraction of sp³-hybridized carbons (Fsp3) is 0.688. The fourth-order valence-corrected chi connectivity index (χ4v) is 2.82. The summed E-state index contributed by atoms with van der Waals surface area (Å²) in [6.45, 7) is 2.75. The quantitative estimate of drug-likeness (QED) is 0.282. The zero-order valence-corrected chi connectivity index (χ0v) is 14.8. The molecule has 0 bridgehead atoms. The lowest BCUT2D eigenvalue weighted by Crippen LogP contribution is -2.60. The van der Waals surface area contributed by atoms with Crippen molar-refractivity contribution in [2.24, 2.45) is 5.73 Å². The molecular weight excluding hydrogens is 331 g/mol. The lowest BCUT2D eigenvalue weighted by atomic mass is 9.87. The maximum absolute atomic E-state index is 12.7. The molecule has 1 aliphatic carbocycles. The lowest BCUT2D eigenvalue weighted by Gasteiger charge is -2.38. The van der Waals surface area contributed by atoms with E-state index in [1.165, 1.54) is 7.11 Å². The number of alkyl halides is 1. The third-order valence-electron chi connectivity index (χ3n) is 4.09. The number of guanidine groups is 1. The average molecular weight is 358 g/mol. The summed E-state index contributed by atoms with van der Waals surface area (Å²) in [4.78, 5) is 23.5. The predicted octanol–water partition coefficient (Wildman–Crippen LogP) is 0.369. The van der Waals surface area contributed by atoms with Crippen molar-refractivity contribution in [2.75, 3.05) is 13.8 Å². The van der Waals surface area contributed by atoms with Crippen LogP contribution in [0.2, 0.25) is 0 Å². The minimum Gasteiger partial charge on any atom is -0.466 e. The molecule has 0 spiro atoms. The first-order valence-electron chi connectivity index (χ1n) is 8.26. The van der Waals surface area contributed by atoms with Crippen LogP contribution in [0.4, 0.5) is 4.39 Å². The van der Waals surface area contributed by atoms with Gasteiger partial charge < -0.3 is 25.8 Å². The molecule has 5 N–H and O–H groups in total. The largest absolute Gasteiger partial charge is 0.466 e. The summed E-state index contributed by atoms with van der Waals surface area (Å²) in [5.41, 5.74) is 5.76. The van der Waals surface area contributed by atoms with Crippen LogP contribution in [0.5, 0.6) is 0 Å². The second-order valence-electron chi connectivity index (χ2n) is 5.82. The van der Waals surface area contributed by atoms with E-state index in [-0.39, 0.29) is 18.5 Å². The first-order chi connectivity index (χ1) is 11.9. The van der Waals surface area contributed by atoms with Crippen molar-refractivity contribution in [3.63, 3.8) is 0 Å². The monoisotopic (exact) mass is 358 g/mol. The summed E-state index contributed by atoms with van der Waals surface area (Å²) in [6.07, 6.45) is 2.45. The molecule has 0 heterocycles. The Morgan fingerprint density at radius 1 is 1.40 bits per heavy atom. The topological polar surface area (TPSA) is 127 Å². The smallest absolute Gasteiger partial charge is 0.333 e. The maximum atomic E-state index is 12.7. The Balaban J connectivity index is 3.18. The van der Waals surface area contributed by atoms with Crippen LogP contribution in [0.1, 0.15) is 33.1 Å². The minimum atomic E-state index is -1.17. The van der Waals surface area contributed by atoms with Gasteiger partial charge in [-0.2, -0.15) is 0 Å². The Kier molecular flexibility index (Phi) is 8.33. The number of ether oxygens (including phenoxy) is 2. The van der Waals surface area contributed by atoms with Crippen LogP contribution < -0.4 is 16.4 Å². The van der Waals surface area contributed by atoms with Gasteiger partial charge in [-0.1, -0.05) is 13.8 Å². The Bertz CT molecular complexity index is 522. The van der Waals surface area contributed by atoms with Gasteiger partial charge in [-0.25, -0.2) is 9.18 Å². The summed E-state index contributed by atoms with van der Waals surface area (Å²) in [6, 6.07) is -1.28. The maximum Gasteiger partial charge on any atom is 0.333 e. The SMILES string of the molecule is CCC(CC)O[C@@H]1C=C(C(=O)OC)C[C@H](NC(=N)N)[C@H]1NC(=O)CF. The van der Waals surface area contributed by atoms with Crippen molar-refractivity contribution in [3.05, 3.63) is 11.6 Å². The molecule has 0 aromatic heterocycles. The van der Waals surface area contributed by atoms with Crippen LogP contribution in [0.25, 0.3) is 0 Å². The normalized spacial score (nSPS) is 22.9. The summed E-state index contributed by atoms with van der Waals surface area (Å²) in [5.74, 6) is -1.64. The van der Waals surface area contributed by atoms with Crippen molar-refractivity contribution >= 4 is 17.8 Å². The molecule has 0 unspecified atom stereocenters. The summed E-state index contributed by atoms with van der Waals surface area (Å²) < 4.78 is 23.5. The highest BCUT2D eigenvalue weighted by Crippen LogP contribution is 2.25. The van der Waals surface area contributed by atoms with E-state index in [2.05, 4.69) is 10.6 Å². The van der Waals surface area contributed by atoms with Gasteiger partial charge in [-0.05, 0) is 18.9 Å². The Morgan fingerprint density at radius 3 is 2.52 bits per heavy atom. The van der Waals surface area contributed by atoms with Gasteiger partial charge in [0, 0.05) is 12.0 Å². The standard InChI is InChI=1S/C16H27FN4O4/c1-4-10(5-2)25-12-7-9(15(23)24-3)6-11(20-16(18)19)14(12)21-13(22)8-17/h7,10-12,14H,4-6,8H2,1-3H3,(H,21,22)(H4,18,19,20)/t11-,12+,14+/m0/s1. The first-order valence-corrected chi connectivity index (χ1v) is 8.26. The summed E-state index contributed by atoms with van der Waals surface area (Å²) in [7, 11) is 1.27. The van der Waals surface area contributed by atoms with E-state index < -0.39 is 36.7 Å².